The van der Waals surface area contributed by atoms with Gasteiger partial charge < -0.3 is 15.5 Å². The van der Waals surface area contributed by atoms with Gasteiger partial charge in [0.05, 0.1) is 0 Å². The number of aryl methyl sites for hydroxylation is 1. The molecule has 1 fully saturated rings. The average Bonchev–Trinajstić information content (AvgIpc) is 2.44. The van der Waals surface area contributed by atoms with E-state index in [1.165, 1.54) is 18.9 Å². The van der Waals surface area contributed by atoms with Gasteiger partial charge >= 0.3 is 0 Å². The number of carbonyl (C=O) groups is 1. The second kappa shape index (κ2) is 6.94. The molecule has 4 nitrogen and oxygen atoms in total. The molecule has 2 rings (SSSR count). The Hall–Kier alpha value is -1.55. The van der Waals surface area contributed by atoms with Crippen LogP contribution in [-0.4, -0.2) is 36.5 Å². The van der Waals surface area contributed by atoms with Gasteiger partial charge in [-0.2, -0.15) is 0 Å². The summed E-state index contributed by atoms with van der Waals surface area (Å²) in [6.07, 6.45) is 1.17. The summed E-state index contributed by atoms with van der Waals surface area (Å²) < 4.78 is 0. The molecule has 0 radical (unpaired) electrons. The Morgan fingerprint density at radius 1 is 1.43 bits per heavy atom. The van der Waals surface area contributed by atoms with Crippen LogP contribution in [0.5, 0.6) is 0 Å². The van der Waals surface area contributed by atoms with Gasteiger partial charge in [0.15, 0.2) is 0 Å². The fourth-order valence-electron chi connectivity index (χ4n) is 2.99. The summed E-state index contributed by atoms with van der Waals surface area (Å²) in [7, 11) is 0. The average molecular weight is 289 g/mol. The molecule has 1 amide bonds. The number of hydrogen-bond donors (Lipinski definition) is 2. The van der Waals surface area contributed by atoms with E-state index in [0.717, 1.165) is 31.0 Å². The molecule has 0 saturated carbocycles. The normalized spacial score (nSPS) is 22.9. The monoisotopic (exact) mass is 289 g/mol. The molecule has 4 heteroatoms. The lowest BCUT2D eigenvalue weighted by Crippen LogP contribution is -2.45. The zero-order chi connectivity index (χ0) is 15.4. The van der Waals surface area contributed by atoms with Crippen LogP contribution in [-0.2, 0) is 4.79 Å². The lowest BCUT2D eigenvalue weighted by atomic mass is 9.93. The van der Waals surface area contributed by atoms with E-state index >= 15 is 0 Å². The first-order chi connectivity index (χ1) is 9.99. The molecule has 2 atom stereocenters. The Kier molecular flexibility index (Phi) is 5.23. The molecule has 0 aliphatic carbocycles. The minimum absolute atomic E-state index is 0.0329. The van der Waals surface area contributed by atoms with Crippen molar-refractivity contribution in [1.29, 1.82) is 0 Å². The van der Waals surface area contributed by atoms with Gasteiger partial charge in [0.2, 0.25) is 5.91 Å². The number of hydrogen-bond acceptors (Lipinski definition) is 3. The summed E-state index contributed by atoms with van der Waals surface area (Å²) in [5.74, 6) is 0.594. The van der Waals surface area contributed by atoms with Crippen molar-refractivity contribution in [2.45, 2.75) is 40.2 Å². The molecule has 2 N–H and O–H groups in total. The highest BCUT2D eigenvalue weighted by Gasteiger charge is 2.25. The second-order valence-corrected chi connectivity index (χ2v) is 6.12. The minimum Gasteiger partial charge on any atom is -0.382 e. The van der Waals surface area contributed by atoms with Crippen molar-refractivity contribution in [1.82, 2.24) is 4.90 Å². The molecule has 0 unspecified atom stereocenters. The number of nitrogens with one attached hydrogen (secondary N) is 2. The number of rotatable bonds is 4. The Morgan fingerprint density at radius 2 is 2.19 bits per heavy atom. The van der Waals surface area contributed by atoms with Gasteiger partial charge in [-0.3, -0.25) is 4.79 Å². The van der Waals surface area contributed by atoms with E-state index < -0.39 is 0 Å². The number of amides is 1. The summed E-state index contributed by atoms with van der Waals surface area (Å²) in [5.41, 5.74) is 3.20. The van der Waals surface area contributed by atoms with Gasteiger partial charge in [0.25, 0.3) is 0 Å². The van der Waals surface area contributed by atoms with E-state index in [2.05, 4.69) is 42.4 Å². The smallest absolute Gasteiger partial charge is 0.221 e. The molecule has 1 aromatic carbocycles. The lowest BCUT2D eigenvalue weighted by molar-refractivity contribution is -0.114. The molecule has 0 bridgehead atoms. The predicted molar refractivity (Wildman–Crippen MR) is 88.8 cm³/mol. The Labute approximate surface area is 127 Å². The van der Waals surface area contributed by atoms with E-state index in [1.807, 2.05) is 12.1 Å². The molecule has 0 spiro atoms. The van der Waals surface area contributed by atoms with Crippen molar-refractivity contribution in [2.75, 3.05) is 30.3 Å². The Bertz CT molecular complexity index is 501. The fourth-order valence-corrected chi connectivity index (χ4v) is 2.99. The van der Waals surface area contributed by atoms with Gasteiger partial charge in [0, 0.05) is 37.4 Å². The summed E-state index contributed by atoms with van der Waals surface area (Å²) in [6, 6.07) is 6.54. The van der Waals surface area contributed by atoms with Gasteiger partial charge in [0.1, 0.15) is 0 Å². The van der Waals surface area contributed by atoms with Crippen LogP contribution in [0.25, 0.3) is 0 Å². The van der Waals surface area contributed by atoms with Crippen molar-refractivity contribution >= 4 is 17.3 Å². The first-order valence-electron chi connectivity index (χ1n) is 7.86. The van der Waals surface area contributed by atoms with E-state index in [4.69, 9.17) is 0 Å². The van der Waals surface area contributed by atoms with Crippen molar-refractivity contribution < 1.29 is 4.79 Å². The van der Waals surface area contributed by atoms with Crippen LogP contribution in [0.1, 0.15) is 32.8 Å². The van der Waals surface area contributed by atoms with E-state index in [9.17, 15) is 4.79 Å². The maximum absolute atomic E-state index is 11.2. The van der Waals surface area contributed by atoms with E-state index in [-0.39, 0.29) is 5.91 Å². The highest BCUT2D eigenvalue weighted by molar-refractivity contribution is 5.89. The van der Waals surface area contributed by atoms with Crippen LogP contribution < -0.4 is 10.6 Å². The topological polar surface area (TPSA) is 44.4 Å². The SMILES string of the molecule is CCN1CC[C@@H](Nc2cc(NC(C)=O)ccc2C)[C@H](C)C1. The van der Waals surface area contributed by atoms with Crippen LogP contribution in [0.15, 0.2) is 18.2 Å². The molecular formula is C17H27N3O. The fraction of sp³-hybridized carbons (Fsp3) is 0.588. The third kappa shape index (κ3) is 4.21. The Morgan fingerprint density at radius 3 is 2.81 bits per heavy atom. The first-order valence-corrected chi connectivity index (χ1v) is 7.86. The van der Waals surface area contributed by atoms with E-state index in [0.29, 0.717) is 12.0 Å². The number of carbonyl (C=O) groups excluding carboxylic acids is 1. The molecule has 0 aromatic heterocycles. The highest BCUT2D eigenvalue weighted by Crippen LogP contribution is 2.25. The molecule has 1 aliphatic rings. The Balaban J connectivity index is 2.06. The van der Waals surface area contributed by atoms with Crippen molar-refractivity contribution in [3.05, 3.63) is 23.8 Å². The zero-order valence-corrected chi connectivity index (χ0v) is 13.6. The number of nitrogens with zero attached hydrogens (tertiary/aromatic N) is 1. The number of anilines is 2. The van der Waals surface area contributed by atoms with Gasteiger partial charge in [-0.25, -0.2) is 0 Å². The number of benzene rings is 1. The summed E-state index contributed by atoms with van der Waals surface area (Å²) in [6.45, 7) is 11.6. The standard InChI is InChI=1S/C17H27N3O/c1-5-20-9-8-16(13(3)11-20)19-17-10-15(18-14(4)21)7-6-12(17)2/h6-7,10,13,16,19H,5,8-9,11H2,1-4H3,(H,18,21)/t13-,16-/m1/s1. The minimum atomic E-state index is -0.0329. The van der Waals surface area contributed by atoms with Gasteiger partial charge in [-0.1, -0.05) is 19.9 Å². The molecule has 21 heavy (non-hydrogen) atoms. The van der Waals surface area contributed by atoms with Crippen LogP contribution >= 0.6 is 0 Å². The second-order valence-electron chi connectivity index (χ2n) is 6.12. The molecule has 116 valence electrons. The molecular weight excluding hydrogens is 262 g/mol. The zero-order valence-electron chi connectivity index (χ0n) is 13.6. The highest BCUT2D eigenvalue weighted by atomic mass is 16.1. The van der Waals surface area contributed by atoms with Crippen LogP contribution in [0, 0.1) is 12.8 Å². The summed E-state index contributed by atoms with van der Waals surface area (Å²) in [4.78, 5) is 13.7. The molecule has 1 aromatic rings. The molecule has 1 saturated heterocycles. The third-order valence-electron chi connectivity index (χ3n) is 4.34. The third-order valence-corrected chi connectivity index (χ3v) is 4.34. The largest absolute Gasteiger partial charge is 0.382 e. The van der Waals surface area contributed by atoms with Gasteiger partial charge in [-0.05, 0) is 43.5 Å². The summed E-state index contributed by atoms with van der Waals surface area (Å²) in [5, 5.41) is 6.53. The van der Waals surface area contributed by atoms with Crippen molar-refractivity contribution in [3.8, 4) is 0 Å². The van der Waals surface area contributed by atoms with Gasteiger partial charge in [-0.15, -0.1) is 0 Å². The predicted octanol–water partition coefficient (Wildman–Crippen LogP) is 3.10. The molecule has 1 heterocycles. The van der Waals surface area contributed by atoms with Crippen molar-refractivity contribution in [2.24, 2.45) is 5.92 Å². The van der Waals surface area contributed by atoms with Crippen LogP contribution in [0.2, 0.25) is 0 Å². The molecule has 1 aliphatic heterocycles. The first kappa shape index (κ1) is 15.8. The maximum atomic E-state index is 11.2. The quantitative estimate of drug-likeness (QED) is 0.895. The summed E-state index contributed by atoms with van der Waals surface area (Å²) >= 11 is 0. The number of piperidine rings is 1. The number of likely N-dealkylation sites (tertiary alicyclic amines) is 1. The van der Waals surface area contributed by atoms with Crippen molar-refractivity contribution in [3.63, 3.8) is 0 Å². The maximum Gasteiger partial charge on any atom is 0.221 e. The van der Waals surface area contributed by atoms with Crippen LogP contribution in [0.3, 0.4) is 0 Å². The van der Waals surface area contributed by atoms with Crippen LogP contribution in [0.4, 0.5) is 11.4 Å². The van der Waals surface area contributed by atoms with E-state index in [1.54, 1.807) is 0 Å². The lowest BCUT2D eigenvalue weighted by Gasteiger charge is -2.37.